The summed E-state index contributed by atoms with van der Waals surface area (Å²) in [6.45, 7) is 18.3. The van der Waals surface area contributed by atoms with Crippen molar-refractivity contribution in [2.24, 2.45) is 0 Å². The zero-order valence-electron chi connectivity index (χ0n) is 47.7. The molecule has 0 N–H and O–H groups in total. The normalized spacial score (nSPS) is 12.0. The van der Waals surface area contributed by atoms with Gasteiger partial charge in [-0.25, -0.2) is 4.98 Å². The Labute approximate surface area is 498 Å². The molecule has 4 heterocycles. The summed E-state index contributed by atoms with van der Waals surface area (Å²) < 4.78 is 19.0. The predicted molar refractivity (Wildman–Crippen MR) is 338 cm³/mol. The molecule has 0 fully saturated rings. The fraction of sp³-hybridized carbons (Fsp3) is 0.160. The first kappa shape index (κ1) is 53.4. The Bertz CT molecular complexity index is 4740. The number of hydrogen-bond donors (Lipinski definition) is 0. The molecule has 83 heavy (non-hydrogen) atoms. The third-order valence-electron chi connectivity index (χ3n) is 16.2. The molecule has 8 heteroatoms. The van der Waals surface area contributed by atoms with E-state index in [2.05, 4.69) is 253 Å². The number of aromatic nitrogens is 5. The van der Waals surface area contributed by atoms with E-state index in [1.165, 1.54) is 44.5 Å². The molecule has 0 saturated heterocycles. The minimum atomic E-state index is 0. The molecule has 0 amide bonds. The van der Waals surface area contributed by atoms with Gasteiger partial charge in [0.1, 0.15) is 5.58 Å². The monoisotopic (exact) mass is 1260 g/mol. The van der Waals surface area contributed by atoms with E-state index in [1.807, 2.05) is 24.3 Å². The van der Waals surface area contributed by atoms with Gasteiger partial charge in [-0.05, 0) is 141 Å². The summed E-state index contributed by atoms with van der Waals surface area (Å²) in [4.78, 5) is 16.1. The Balaban J connectivity index is 0.00000645. The van der Waals surface area contributed by atoms with Gasteiger partial charge in [-0.1, -0.05) is 188 Å². The molecule has 0 saturated carbocycles. The Hall–Kier alpha value is -8.90. The van der Waals surface area contributed by atoms with Crippen LogP contribution in [0.25, 0.3) is 122 Å². The Morgan fingerprint density at radius 2 is 0.904 bits per heavy atom. The van der Waals surface area contributed by atoms with Crippen LogP contribution in [-0.2, 0) is 21.1 Å². The summed E-state index contributed by atoms with van der Waals surface area (Å²) in [5.74, 6) is 3.26. The molecule has 14 aromatic rings. The number of rotatable bonds is 12. The van der Waals surface area contributed by atoms with Gasteiger partial charge < -0.3 is 18.3 Å². The van der Waals surface area contributed by atoms with Crippen LogP contribution in [0.5, 0.6) is 11.5 Å². The number of hydrogen-bond acceptors (Lipinski definition) is 5. The van der Waals surface area contributed by atoms with Crippen molar-refractivity contribution in [2.45, 2.75) is 79.1 Å². The van der Waals surface area contributed by atoms with E-state index in [1.54, 1.807) is 0 Å². The van der Waals surface area contributed by atoms with Crippen LogP contribution < -0.4 is 4.74 Å². The second kappa shape index (κ2) is 21.4. The zero-order chi connectivity index (χ0) is 55.9. The summed E-state index contributed by atoms with van der Waals surface area (Å²) in [6.07, 6.45) is 0. The number of fused-ring (bicyclic) bond motifs is 7. The van der Waals surface area contributed by atoms with Crippen LogP contribution >= 0.6 is 0 Å². The van der Waals surface area contributed by atoms with Gasteiger partial charge in [-0.15, -0.1) is 23.8 Å². The van der Waals surface area contributed by atoms with E-state index >= 15 is 0 Å². The maximum Gasteiger partial charge on any atom is 2.00 e. The van der Waals surface area contributed by atoms with Crippen molar-refractivity contribution < 1.29 is 30.2 Å². The third kappa shape index (κ3) is 9.42. The van der Waals surface area contributed by atoms with Crippen molar-refractivity contribution in [2.75, 3.05) is 0 Å². The number of nitrogens with zero attached hydrogens (tertiary/aromatic N) is 5. The molecule has 408 valence electrons. The van der Waals surface area contributed by atoms with Gasteiger partial charge >= 0.3 is 21.1 Å². The van der Waals surface area contributed by atoms with Gasteiger partial charge in [-0.3, -0.25) is 9.97 Å². The van der Waals surface area contributed by atoms with Crippen LogP contribution in [0, 0.1) is 12.1 Å². The topological polar surface area (TPSA) is 70.9 Å². The van der Waals surface area contributed by atoms with Crippen molar-refractivity contribution in [3.63, 3.8) is 0 Å². The van der Waals surface area contributed by atoms with E-state index in [-0.39, 0.29) is 44.7 Å². The first-order valence-corrected chi connectivity index (χ1v) is 28.7. The SMILES string of the molecule is CC(C)c1cc(-c2ccccc2)cc(C(C)C)c1-n1c(-c2[c-]c(Oc3[c-]c(-c4nc5ccccc5n4-c4c(C(C)C)cc(-c5ccccc5)cc4C(C)C)c4oc5cc6cc7ccccc7nc6cc5c4c3)ccc2)nc2ccccc21.[Pt+2]. The van der Waals surface area contributed by atoms with Crippen LogP contribution in [0.3, 0.4) is 0 Å². The first-order chi connectivity index (χ1) is 39.9. The fourth-order valence-corrected chi connectivity index (χ4v) is 12.1. The fourth-order valence-electron chi connectivity index (χ4n) is 12.1. The van der Waals surface area contributed by atoms with Crippen LogP contribution in [0.4, 0.5) is 0 Å². The maximum atomic E-state index is 7.15. The summed E-state index contributed by atoms with van der Waals surface area (Å²) in [7, 11) is 0. The Morgan fingerprint density at radius 3 is 1.47 bits per heavy atom. The van der Waals surface area contributed by atoms with Gasteiger partial charge in [0, 0.05) is 39.0 Å². The van der Waals surface area contributed by atoms with Crippen LogP contribution in [-0.4, -0.2) is 24.1 Å². The van der Waals surface area contributed by atoms with Gasteiger partial charge in [-0.2, -0.15) is 0 Å². The average molecular weight is 1260 g/mol. The number of imidazole rings is 2. The summed E-state index contributed by atoms with van der Waals surface area (Å²) in [6, 6.07) is 78.1. The number of benzene rings is 10. The molecule has 0 atom stereocenters. The standard InChI is InChI=1S/C75H61N5O2.Pt/c1-44(2)57-36-52(48-22-11-9-12-23-48)37-58(45(3)4)71(57)79-68-32-19-17-30-65(68)77-74(79)51-27-21-28-55(35-51)81-56-41-62-61-43-67-54(34-50-26-15-16-29-64(50)76-67)40-70(61)82-73(62)63(42-56)75-78-66-31-18-20-33-69(66)80(75)72-59(46(5)6)38-53(39-60(72)47(7)8)49-24-13-10-14-25-49;/h9-34,36-41,43-47H,1-8H3;/q-2;+2. The van der Waals surface area contributed by atoms with Gasteiger partial charge in [0.05, 0.1) is 50.3 Å². The summed E-state index contributed by atoms with van der Waals surface area (Å²) in [5.41, 5.74) is 20.4. The van der Waals surface area contributed by atoms with Crippen molar-refractivity contribution in [3.05, 3.63) is 235 Å². The zero-order valence-corrected chi connectivity index (χ0v) is 50.0. The number of ether oxygens (including phenoxy) is 1. The van der Waals surface area contributed by atoms with Crippen LogP contribution in [0.2, 0.25) is 0 Å². The molecule has 10 aromatic carbocycles. The molecule has 0 unspecified atom stereocenters. The second-order valence-corrected chi connectivity index (χ2v) is 23.0. The quantitative estimate of drug-likeness (QED) is 0.0900. The average Bonchev–Trinajstić information content (AvgIpc) is 2.62. The molecule has 0 aliphatic heterocycles. The molecule has 0 radical (unpaired) electrons. The predicted octanol–water partition coefficient (Wildman–Crippen LogP) is 20.5. The summed E-state index contributed by atoms with van der Waals surface area (Å²) >= 11 is 0. The van der Waals surface area contributed by atoms with Crippen molar-refractivity contribution in [1.82, 2.24) is 24.1 Å². The second-order valence-electron chi connectivity index (χ2n) is 23.0. The molecule has 14 rings (SSSR count). The van der Waals surface area contributed by atoms with Crippen molar-refractivity contribution in [1.29, 1.82) is 0 Å². The smallest absolute Gasteiger partial charge is 0.501 e. The van der Waals surface area contributed by atoms with E-state index in [0.29, 0.717) is 28.5 Å². The largest absolute Gasteiger partial charge is 2.00 e. The number of para-hydroxylation sites is 5. The summed E-state index contributed by atoms with van der Waals surface area (Å²) in [5, 5.41) is 3.84. The first-order valence-electron chi connectivity index (χ1n) is 28.7. The van der Waals surface area contributed by atoms with Gasteiger partial charge in [0.15, 0.2) is 0 Å². The van der Waals surface area contributed by atoms with Gasteiger partial charge in [0.2, 0.25) is 0 Å². The molecule has 4 aromatic heterocycles. The van der Waals surface area contributed by atoms with Crippen molar-refractivity contribution in [3.8, 4) is 67.9 Å². The molecule has 0 spiro atoms. The van der Waals surface area contributed by atoms with E-state index in [4.69, 9.17) is 24.1 Å². The number of pyridine rings is 1. The van der Waals surface area contributed by atoms with Gasteiger partial charge in [0.25, 0.3) is 0 Å². The van der Waals surface area contributed by atoms with E-state index < -0.39 is 0 Å². The minimum Gasteiger partial charge on any atom is -0.501 e. The molecule has 0 aliphatic carbocycles. The van der Waals surface area contributed by atoms with Crippen LogP contribution in [0.15, 0.2) is 205 Å². The van der Waals surface area contributed by atoms with Crippen LogP contribution in [0.1, 0.15) is 101 Å². The van der Waals surface area contributed by atoms with E-state index in [0.717, 1.165) is 83.0 Å². The Morgan fingerprint density at radius 1 is 0.398 bits per heavy atom. The molecular weight excluding hydrogens is 1200 g/mol. The molecule has 0 aliphatic rings. The molecule has 7 nitrogen and oxygen atoms in total. The minimum absolute atomic E-state index is 0. The number of furan rings is 1. The molecule has 0 bridgehead atoms. The van der Waals surface area contributed by atoms with Crippen molar-refractivity contribution >= 4 is 65.8 Å². The third-order valence-corrected chi connectivity index (χ3v) is 16.2. The van der Waals surface area contributed by atoms with E-state index in [9.17, 15) is 0 Å². The Kier molecular flexibility index (Phi) is 13.8. The maximum absolute atomic E-state index is 7.15. The molecular formula is C75H61N5O2Pt.